The first-order chi connectivity index (χ1) is 18.1. The van der Waals surface area contributed by atoms with Gasteiger partial charge in [-0.15, -0.1) is 11.3 Å². The number of aromatic nitrogens is 1. The molecule has 9 heteroatoms. The van der Waals surface area contributed by atoms with E-state index in [1.54, 1.807) is 25.1 Å². The Hall–Kier alpha value is -3.85. The van der Waals surface area contributed by atoms with Crippen molar-refractivity contribution in [1.82, 2.24) is 4.98 Å². The van der Waals surface area contributed by atoms with Crippen LogP contribution in [0.5, 0.6) is 11.5 Å². The average Bonchev–Trinajstić information content (AvgIpc) is 3.31. The van der Waals surface area contributed by atoms with Crippen LogP contribution in [0.15, 0.2) is 72.8 Å². The molecule has 198 valence electrons. The quantitative estimate of drug-likeness (QED) is 0.225. The monoisotopic (exact) mass is 541 g/mol. The molecule has 0 radical (unpaired) electrons. The van der Waals surface area contributed by atoms with Crippen LogP contribution >= 0.6 is 11.3 Å². The second-order valence-corrected chi connectivity index (χ2v) is 9.79. The molecule has 0 aliphatic carbocycles. The van der Waals surface area contributed by atoms with Crippen LogP contribution in [-0.2, 0) is 23.8 Å². The summed E-state index contributed by atoms with van der Waals surface area (Å²) >= 11 is 1.40. The predicted molar refractivity (Wildman–Crippen MR) is 140 cm³/mol. The zero-order valence-electron chi connectivity index (χ0n) is 20.8. The van der Waals surface area contributed by atoms with Crippen LogP contribution in [0.1, 0.15) is 40.3 Å². The van der Waals surface area contributed by atoms with Crippen LogP contribution in [0.4, 0.5) is 13.2 Å². The van der Waals surface area contributed by atoms with E-state index < -0.39 is 24.3 Å². The lowest BCUT2D eigenvalue weighted by Crippen LogP contribution is -2.10. The van der Waals surface area contributed by atoms with Crippen LogP contribution in [0.3, 0.4) is 0 Å². The Balaban J connectivity index is 1.58. The number of carboxylic acid groups (broad SMARTS) is 1. The van der Waals surface area contributed by atoms with E-state index in [4.69, 9.17) is 19.6 Å². The topological polar surface area (TPSA) is 68.7 Å². The average molecular weight is 542 g/mol. The summed E-state index contributed by atoms with van der Waals surface area (Å²) in [6.45, 7) is 3.27. The summed E-state index contributed by atoms with van der Waals surface area (Å²) in [5.74, 6) is -0.0232. The maximum absolute atomic E-state index is 13.0. The molecule has 0 aliphatic heterocycles. The van der Waals surface area contributed by atoms with Crippen molar-refractivity contribution in [3.8, 4) is 22.1 Å². The molecule has 0 saturated heterocycles. The Bertz CT molecular complexity index is 1390. The van der Waals surface area contributed by atoms with Crippen molar-refractivity contribution in [3.63, 3.8) is 0 Å². The summed E-state index contributed by atoms with van der Waals surface area (Å²) in [7, 11) is 0. The number of carboxylic acids is 1. The molecule has 0 spiro atoms. The highest BCUT2D eigenvalue weighted by atomic mass is 32.1. The smallest absolute Gasteiger partial charge is 0.416 e. The van der Waals surface area contributed by atoms with Crippen LogP contribution in [0.2, 0.25) is 0 Å². The summed E-state index contributed by atoms with van der Waals surface area (Å²) in [6.07, 6.45) is -3.38. The minimum atomic E-state index is -4.40. The van der Waals surface area contributed by atoms with Crippen LogP contribution in [-0.4, -0.2) is 22.7 Å². The number of carbonyl (C=O) groups is 1. The molecule has 0 bridgehead atoms. The van der Waals surface area contributed by atoms with Crippen molar-refractivity contribution in [2.24, 2.45) is 0 Å². The summed E-state index contributed by atoms with van der Waals surface area (Å²) in [4.78, 5) is 16.5. The summed E-state index contributed by atoms with van der Waals surface area (Å²) < 4.78 is 50.6. The van der Waals surface area contributed by atoms with Gasteiger partial charge in [-0.05, 0) is 68.1 Å². The van der Waals surface area contributed by atoms with E-state index in [2.05, 4.69) is 0 Å². The fourth-order valence-electron chi connectivity index (χ4n) is 3.95. The lowest BCUT2D eigenvalue weighted by Gasteiger charge is -2.16. The van der Waals surface area contributed by atoms with Crippen molar-refractivity contribution in [2.75, 3.05) is 6.61 Å². The van der Waals surface area contributed by atoms with Gasteiger partial charge in [0.1, 0.15) is 22.6 Å². The molecule has 4 rings (SSSR count). The number of aliphatic carboxylic acids is 1. The van der Waals surface area contributed by atoms with Crippen LogP contribution < -0.4 is 9.47 Å². The third kappa shape index (κ3) is 6.92. The lowest BCUT2D eigenvalue weighted by molar-refractivity contribution is -0.139. The molecule has 3 aromatic carbocycles. The molecule has 0 aliphatic rings. The number of thiazole rings is 1. The highest BCUT2D eigenvalue weighted by Gasteiger charge is 2.30. The van der Waals surface area contributed by atoms with Crippen LogP contribution in [0.25, 0.3) is 10.6 Å². The molecule has 5 nitrogen and oxygen atoms in total. The van der Waals surface area contributed by atoms with Crippen LogP contribution in [0, 0.1) is 6.92 Å². The molecule has 1 heterocycles. The molecular formula is C29H26F3NO4S. The van der Waals surface area contributed by atoms with Crippen molar-refractivity contribution < 1.29 is 32.5 Å². The second kappa shape index (κ2) is 11.7. The molecule has 1 aromatic heterocycles. The minimum Gasteiger partial charge on any atom is -0.485 e. The van der Waals surface area contributed by atoms with Gasteiger partial charge in [-0.2, -0.15) is 13.2 Å². The van der Waals surface area contributed by atoms with Gasteiger partial charge in [0.25, 0.3) is 0 Å². The Kier molecular flexibility index (Phi) is 8.36. The van der Waals surface area contributed by atoms with Crippen molar-refractivity contribution >= 4 is 17.3 Å². The Morgan fingerprint density at radius 1 is 1.03 bits per heavy atom. The van der Waals surface area contributed by atoms with E-state index in [-0.39, 0.29) is 6.10 Å². The van der Waals surface area contributed by atoms with E-state index >= 15 is 0 Å². The molecule has 0 fully saturated rings. The number of halogens is 3. The number of hydrogen-bond acceptors (Lipinski definition) is 5. The van der Waals surface area contributed by atoms with Crippen molar-refractivity contribution in [1.29, 1.82) is 0 Å². The number of hydrogen-bond donors (Lipinski definition) is 1. The van der Waals surface area contributed by atoms with Gasteiger partial charge in [0.05, 0.1) is 16.1 Å². The van der Waals surface area contributed by atoms with E-state index in [0.29, 0.717) is 28.5 Å². The molecule has 0 unspecified atom stereocenters. The zero-order chi connectivity index (χ0) is 27.3. The maximum atomic E-state index is 13.0. The maximum Gasteiger partial charge on any atom is 0.416 e. The fraction of sp³-hybridized carbons (Fsp3) is 0.241. The fourth-order valence-corrected chi connectivity index (χ4v) is 5.04. The third-order valence-electron chi connectivity index (χ3n) is 5.86. The van der Waals surface area contributed by atoms with Gasteiger partial charge in [0.15, 0.2) is 6.61 Å². The first-order valence-corrected chi connectivity index (χ1v) is 12.7. The Morgan fingerprint density at radius 2 is 1.74 bits per heavy atom. The number of nitrogens with zero attached hydrogens (tertiary/aromatic N) is 1. The minimum absolute atomic E-state index is 0.383. The Labute approximate surface area is 222 Å². The molecule has 0 saturated carbocycles. The molecular weight excluding hydrogens is 515 g/mol. The molecule has 4 aromatic rings. The lowest BCUT2D eigenvalue weighted by atomic mass is 10.1. The molecule has 1 N–H and O–H groups in total. The number of aryl methyl sites for hydroxylation is 3. The third-order valence-corrected chi connectivity index (χ3v) is 7.17. The molecule has 1 atom stereocenters. The normalized spacial score (nSPS) is 12.2. The summed E-state index contributed by atoms with van der Waals surface area (Å²) in [6, 6.07) is 20.1. The van der Waals surface area contributed by atoms with Gasteiger partial charge >= 0.3 is 12.1 Å². The standard InChI is InChI=1S/C29H26F3NO4S/c1-18-16-23(13-15-25(18)36-17-26(34)35)37-19(2)27-24(14-8-20-6-4-3-5-7-20)33-28(38-27)21-9-11-22(12-10-21)29(30,31)32/h3-7,9-13,15-16,19H,8,14,17H2,1-2H3,(H,34,35)/t19-/m0/s1. The number of benzene rings is 3. The van der Waals surface area contributed by atoms with Gasteiger partial charge in [-0.25, -0.2) is 9.78 Å². The Morgan fingerprint density at radius 3 is 2.37 bits per heavy atom. The second-order valence-electron chi connectivity index (χ2n) is 8.76. The highest BCUT2D eigenvalue weighted by molar-refractivity contribution is 7.15. The predicted octanol–water partition coefficient (Wildman–Crippen LogP) is 7.53. The zero-order valence-corrected chi connectivity index (χ0v) is 21.6. The van der Waals surface area contributed by atoms with Crippen molar-refractivity contribution in [2.45, 2.75) is 39.0 Å². The number of ether oxygens (including phenoxy) is 2. The van der Waals surface area contributed by atoms with E-state index in [0.717, 1.165) is 40.3 Å². The molecule has 38 heavy (non-hydrogen) atoms. The summed E-state index contributed by atoms with van der Waals surface area (Å²) in [5, 5.41) is 9.46. The van der Waals surface area contributed by atoms with Gasteiger partial charge < -0.3 is 14.6 Å². The first-order valence-electron chi connectivity index (χ1n) is 11.9. The highest BCUT2D eigenvalue weighted by Crippen LogP contribution is 2.37. The van der Waals surface area contributed by atoms with Gasteiger partial charge in [0.2, 0.25) is 0 Å². The van der Waals surface area contributed by atoms with E-state index in [1.807, 2.05) is 37.3 Å². The number of alkyl halides is 3. The molecule has 0 amide bonds. The van der Waals surface area contributed by atoms with Gasteiger partial charge in [-0.1, -0.05) is 42.5 Å². The first kappa shape index (κ1) is 27.2. The number of rotatable bonds is 10. The largest absolute Gasteiger partial charge is 0.485 e. The summed E-state index contributed by atoms with van der Waals surface area (Å²) in [5.41, 5.74) is 2.63. The van der Waals surface area contributed by atoms with Gasteiger partial charge in [0, 0.05) is 5.56 Å². The van der Waals surface area contributed by atoms with Gasteiger partial charge in [-0.3, -0.25) is 0 Å². The van der Waals surface area contributed by atoms with Crippen molar-refractivity contribution in [3.05, 3.63) is 100 Å². The SMILES string of the molecule is Cc1cc(O[C@@H](C)c2sc(-c3ccc(C(F)(F)F)cc3)nc2CCc2ccccc2)ccc1OCC(=O)O. The van der Waals surface area contributed by atoms with E-state index in [1.165, 1.54) is 23.5 Å². The van der Waals surface area contributed by atoms with E-state index in [9.17, 15) is 18.0 Å².